The van der Waals surface area contributed by atoms with Crippen LogP contribution >= 0.6 is 0 Å². The third-order valence-corrected chi connectivity index (χ3v) is 7.64. The summed E-state index contributed by atoms with van der Waals surface area (Å²) in [5.74, 6) is 2.89. The van der Waals surface area contributed by atoms with Crippen LogP contribution in [0.4, 0.5) is 17.6 Å². The first-order valence-corrected chi connectivity index (χ1v) is 13.1. The maximum atomic E-state index is 13.3. The minimum atomic E-state index is 0.0390. The Labute approximate surface area is 211 Å². The molecule has 0 bridgehead atoms. The van der Waals surface area contributed by atoms with Gasteiger partial charge in [0.15, 0.2) is 0 Å². The van der Waals surface area contributed by atoms with Crippen molar-refractivity contribution in [2.75, 3.05) is 67.1 Å². The topological polar surface area (TPSA) is 79.6 Å². The number of fused-ring (bicyclic) bond motifs is 1. The SMILES string of the molecule is N#Cc1cccc2cc(C(=O)N3CCN(c4cc(N5CCCC5)nc(N5CCCC5)n4)CC3)ccc12. The Morgan fingerprint density at radius 3 is 2.06 bits per heavy atom. The van der Waals surface area contributed by atoms with Crippen LogP contribution in [0.1, 0.15) is 41.6 Å². The average molecular weight is 482 g/mol. The van der Waals surface area contributed by atoms with Gasteiger partial charge in [-0.1, -0.05) is 18.2 Å². The molecular weight excluding hydrogens is 450 g/mol. The number of nitriles is 1. The summed E-state index contributed by atoms with van der Waals surface area (Å²) < 4.78 is 0. The highest BCUT2D eigenvalue weighted by Gasteiger charge is 2.26. The van der Waals surface area contributed by atoms with Gasteiger partial charge in [0.05, 0.1) is 11.6 Å². The van der Waals surface area contributed by atoms with E-state index in [1.807, 2.05) is 35.2 Å². The number of amides is 1. The molecule has 0 N–H and O–H groups in total. The number of hydrogen-bond acceptors (Lipinski definition) is 7. The van der Waals surface area contributed by atoms with E-state index in [0.29, 0.717) is 24.2 Å². The molecular formula is C28H31N7O. The molecule has 8 nitrogen and oxygen atoms in total. The van der Waals surface area contributed by atoms with E-state index < -0.39 is 0 Å². The van der Waals surface area contributed by atoms with E-state index in [0.717, 1.165) is 67.6 Å². The Hall–Kier alpha value is -3.86. The van der Waals surface area contributed by atoms with Crippen molar-refractivity contribution in [3.05, 3.63) is 53.6 Å². The average Bonchev–Trinajstić information content (AvgIpc) is 3.67. The molecule has 3 aromatic rings. The number of carbonyl (C=O) groups is 1. The van der Waals surface area contributed by atoms with Gasteiger partial charge in [0.2, 0.25) is 5.95 Å². The van der Waals surface area contributed by atoms with Crippen LogP contribution in [-0.4, -0.2) is 73.1 Å². The van der Waals surface area contributed by atoms with E-state index in [4.69, 9.17) is 9.97 Å². The second kappa shape index (κ2) is 9.65. The molecule has 0 radical (unpaired) electrons. The zero-order valence-electron chi connectivity index (χ0n) is 20.6. The molecule has 8 heteroatoms. The molecule has 3 aliphatic rings. The lowest BCUT2D eigenvalue weighted by Crippen LogP contribution is -2.49. The summed E-state index contributed by atoms with van der Waals surface area (Å²) >= 11 is 0. The maximum Gasteiger partial charge on any atom is 0.253 e. The van der Waals surface area contributed by atoms with Gasteiger partial charge in [0.1, 0.15) is 11.6 Å². The summed E-state index contributed by atoms with van der Waals surface area (Å²) in [7, 11) is 0. The predicted octanol–water partition coefficient (Wildman–Crippen LogP) is 3.66. The summed E-state index contributed by atoms with van der Waals surface area (Å²) in [6.45, 7) is 6.94. The highest BCUT2D eigenvalue weighted by Crippen LogP contribution is 2.28. The van der Waals surface area contributed by atoms with Gasteiger partial charge in [-0.15, -0.1) is 0 Å². The molecule has 1 aromatic heterocycles. The van der Waals surface area contributed by atoms with Crippen molar-refractivity contribution >= 4 is 34.3 Å². The minimum absolute atomic E-state index is 0.0390. The zero-order chi connectivity index (χ0) is 24.5. The van der Waals surface area contributed by atoms with Gasteiger partial charge >= 0.3 is 0 Å². The van der Waals surface area contributed by atoms with Crippen LogP contribution in [0.2, 0.25) is 0 Å². The molecule has 184 valence electrons. The summed E-state index contributed by atoms with van der Waals surface area (Å²) in [5, 5.41) is 11.2. The number of nitrogens with zero attached hydrogens (tertiary/aromatic N) is 7. The smallest absolute Gasteiger partial charge is 0.253 e. The maximum absolute atomic E-state index is 13.3. The largest absolute Gasteiger partial charge is 0.356 e. The van der Waals surface area contributed by atoms with Crippen molar-refractivity contribution in [1.29, 1.82) is 5.26 Å². The van der Waals surface area contributed by atoms with Crippen LogP contribution in [0.15, 0.2) is 42.5 Å². The normalized spacial score (nSPS) is 18.2. The highest BCUT2D eigenvalue weighted by molar-refractivity contribution is 5.99. The molecule has 0 unspecified atom stereocenters. The Morgan fingerprint density at radius 1 is 0.750 bits per heavy atom. The van der Waals surface area contributed by atoms with Crippen molar-refractivity contribution in [2.24, 2.45) is 0 Å². The predicted molar refractivity (Wildman–Crippen MR) is 142 cm³/mol. The van der Waals surface area contributed by atoms with Gasteiger partial charge in [-0.3, -0.25) is 4.79 Å². The van der Waals surface area contributed by atoms with Crippen LogP contribution < -0.4 is 14.7 Å². The summed E-state index contributed by atoms with van der Waals surface area (Å²) in [5.41, 5.74) is 1.30. The van der Waals surface area contributed by atoms with E-state index >= 15 is 0 Å². The molecule has 0 spiro atoms. The minimum Gasteiger partial charge on any atom is -0.356 e. The first-order chi connectivity index (χ1) is 17.7. The molecule has 1 amide bonds. The molecule has 3 aliphatic heterocycles. The summed E-state index contributed by atoms with van der Waals surface area (Å²) in [6, 6.07) is 15.6. The van der Waals surface area contributed by atoms with Crippen LogP contribution in [0.25, 0.3) is 10.8 Å². The lowest BCUT2D eigenvalue weighted by molar-refractivity contribution is 0.0746. The quantitative estimate of drug-likeness (QED) is 0.563. The Morgan fingerprint density at radius 2 is 1.39 bits per heavy atom. The molecule has 0 atom stereocenters. The Bertz CT molecular complexity index is 1280. The number of hydrogen-bond donors (Lipinski definition) is 0. The standard InChI is InChI=1S/C28H31N7O/c29-20-23-7-5-6-21-18-22(8-9-24(21)23)27(36)34-16-14-33(15-17-34)26-19-25(32-10-1-2-11-32)30-28(31-26)35-12-3-4-13-35/h5-9,18-19H,1-4,10-17H2. The second-order valence-electron chi connectivity index (χ2n) is 9.91. The Kier molecular flexibility index (Phi) is 6.06. The van der Waals surface area contributed by atoms with E-state index in [1.165, 1.54) is 25.7 Å². The molecule has 36 heavy (non-hydrogen) atoms. The van der Waals surface area contributed by atoms with Gasteiger partial charge in [-0.2, -0.15) is 15.2 Å². The van der Waals surface area contributed by atoms with Gasteiger partial charge < -0.3 is 19.6 Å². The molecule has 0 saturated carbocycles. The fourth-order valence-electron chi connectivity index (χ4n) is 5.57. The van der Waals surface area contributed by atoms with E-state index in [2.05, 4.69) is 26.8 Å². The zero-order valence-corrected chi connectivity index (χ0v) is 20.6. The molecule has 2 aromatic carbocycles. The number of rotatable bonds is 4. The number of carbonyl (C=O) groups excluding carboxylic acids is 1. The number of anilines is 3. The highest BCUT2D eigenvalue weighted by atomic mass is 16.2. The monoisotopic (exact) mass is 481 g/mol. The van der Waals surface area contributed by atoms with Crippen LogP contribution in [0.3, 0.4) is 0 Å². The molecule has 4 heterocycles. The van der Waals surface area contributed by atoms with Crippen molar-refractivity contribution in [3.8, 4) is 6.07 Å². The van der Waals surface area contributed by atoms with Gasteiger partial charge in [-0.05, 0) is 54.7 Å². The van der Waals surface area contributed by atoms with Crippen LogP contribution in [0.5, 0.6) is 0 Å². The summed E-state index contributed by atoms with van der Waals surface area (Å²) in [4.78, 5) is 32.1. The third kappa shape index (κ3) is 4.30. The first kappa shape index (κ1) is 22.6. The Balaban J connectivity index is 1.19. The molecule has 3 fully saturated rings. The summed E-state index contributed by atoms with van der Waals surface area (Å²) in [6.07, 6.45) is 4.82. The second-order valence-corrected chi connectivity index (χ2v) is 9.91. The number of piperazine rings is 1. The van der Waals surface area contributed by atoms with Crippen molar-refractivity contribution in [2.45, 2.75) is 25.7 Å². The van der Waals surface area contributed by atoms with Gasteiger partial charge in [-0.25, -0.2) is 0 Å². The molecule has 6 rings (SSSR count). The van der Waals surface area contributed by atoms with Gasteiger partial charge in [0, 0.05) is 64.0 Å². The van der Waals surface area contributed by atoms with E-state index in [1.54, 1.807) is 6.07 Å². The van der Waals surface area contributed by atoms with Crippen molar-refractivity contribution in [1.82, 2.24) is 14.9 Å². The van der Waals surface area contributed by atoms with E-state index in [9.17, 15) is 10.1 Å². The van der Waals surface area contributed by atoms with Crippen molar-refractivity contribution < 1.29 is 4.79 Å². The molecule has 3 saturated heterocycles. The number of benzene rings is 2. The fraction of sp³-hybridized carbons (Fsp3) is 0.429. The van der Waals surface area contributed by atoms with Gasteiger partial charge in [0.25, 0.3) is 5.91 Å². The third-order valence-electron chi connectivity index (χ3n) is 7.64. The lowest BCUT2D eigenvalue weighted by atomic mass is 10.0. The molecule has 0 aliphatic carbocycles. The van der Waals surface area contributed by atoms with Crippen LogP contribution in [-0.2, 0) is 0 Å². The fourth-order valence-corrected chi connectivity index (χ4v) is 5.57. The van der Waals surface area contributed by atoms with E-state index in [-0.39, 0.29) is 5.91 Å². The van der Waals surface area contributed by atoms with Crippen molar-refractivity contribution in [3.63, 3.8) is 0 Å². The van der Waals surface area contributed by atoms with Crippen LogP contribution in [0, 0.1) is 11.3 Å². The lowest BCUT2D eigenvalue weighted by Gasteiger charge is -2.36. The first-order valence-electron chi connectivity index (χ1n) is 13.1. The number of aromatic nitrogens is 2.